The maximum atomic E-state index is 12.6. The van der Waals surface area contributed by atoms with Gasteiger partial charge in [0.05, 0.1) is 0 Å². The van der Waals surface area contributed by atoms with Crippen molar-refractivity contribution in [2.75, 3.05) is 39.3 Å². The minimum Gasteiger partial charge on any atom is -0.343 e. The maximum absolute atomic E-state index is 12.6. The number of nitrogens with zero attached hydrogens (tertiary/aromatic N) is 2. The molecule has 1 rings (SSSR count). The second kappa shape index (κ2) is 9.35. The molecule has 0 aliphatic heterocycles. The molecular weight excluding hydrogens is 250 g/mol. The molecule has 4 nitrogen and oxygen atoms in total. The first-order valence-electron chi connectivity index (χ1n) is 8.39. The topological polar surface area (TPSA) is 49.6 Å². The average Bonchev–Trinajstić information content (AvgIpc) is 2.95. The Morgan fingerprint density at radius 3 is 2.35 bits per heavy atom. The van der Waals surface area contributed by atoms with Crippen LogP contribution in [0.5, 0.6) is 0 Å². The van der Waals surface area contributed by atoms with Crippen molar-refractivity contribution in [1.29, 1.82) is 0 Å². The molecular formula is C16H33N3O. The fraction of sp³-hybridized carbons (Fsp3) is 0.938. The molecule has 1 saturated carbocycles. The maximum Gasteiger partial charge on any atom is 0.225 e. The molecule has 118 valence electrons. The Bertz CT molecular complexity index is 279. The van der Waals surface area contributed by atoms with E-state index in [1.165, 1.54) is 0 Å². The zero-order chi connectivity index (χ0) is 15.0. The number of hydrogen-bond acceptors (Lipinski definition) is 3. The minimum atomic E-state index is 0.188. The Morgan fingerprint density at radius 1 is 1.10 bits per heavy atom. The predicted molar refractivity (Wildman–Crippen MR) is 84.5 cm³/mol. The summed E-state index contributed by atoms with van der Waals surface area (Å²) in [6, 6.07) is 0. The van der Waals surface area contributed by atoms with Crippen molar-refractivity contribution in [3.05, 3.63) is 0 Å². The van der Waals surface area contributed by atoms with E-state index in [9.17, 15) is 4.79 Å². The first-order chi connectivity index (χ1) is 9.67. The lowest BCUT2D eigenvalue weighted by Crippen LogP contribution is -2.40. The Balaban J connectivity index is 2.42. The second-order valence-corrected chi connectivity index (χ2v) is 5.83. The molecule has 0 aromatic carbocycles. The van der Waals surface area contributed by atoms with Crippen LogP contribution >= 0.6 is 0 Å². The van der Waals surface area contributed by atoms with Crippen molar-refractivity contribution >= 4 is 5.91 Å². The van der Waals surface area contributed by atoms with Crippen LogP contribution in [0.2, 0.25) is 0 Å². The standard InChI is InChI=1S/C16H33N3O/c1-4-18(5-2)11-8-12-19(6-3)16(20)15-10-7-9-14(15)13-17/h14-15H,4-13,17H2,1-3H3. The molecule has 0 bridgehead atoms. The molecule has 4 heteroatoms. The van der Waals surface area contributed by atoms with Gasteiger partial charge in [0.25, 0.3) is 0 Å². The van der Waals surface area contributed by atoms with Gasteiger partial charge in [-0.3, -0.25) is 4.79 Å². The third kappa shape index (κ3) is 4.74. The molecule has 1 aliphatic rings. The Kier molecular flexibility index (Phi) is 8.15. The van der Waals surface area contributed by atoms with E-state index in [2.05, 4.69) is 25.7 Å². The SMILES string of the molecule is CCN(CC)CCCN(CC)C(=O)C1CCCC1CN. The van der Waals surface area contributed by atoms with Gasteiger partial charge in [0.2, 0.25) is 5.91 Å². The van der Waals surface area contributed by atoms with Gasteiger partial charge in [-0.15, -0.1) is 0 Å². The summed E-state index contributed by atoms with van der Waals surface area (Å²) in [6.07, 6.45) is 4.40. The van der Waals surface area contributed by atoms with Gasteiger partial charge in [-0.05, 0) is 58.3 Å². The number of amides is 1. The summed E-state index contributed by atoms with van der Waals surface area (Å²) in [6.45, 7) is 12.1. The minimum absolute atomic E-state index is 0.188. The smallest absolute Gasteiger partial charge is 0.225 e. The monoisotopic (exact) mass is 283 g/mol. The highest BCUT2D eigenvalue weighted by Gasteiger charge is 2.34. The zero-order valence-electron chi connectivity index (χ0n) is 13.6. The van der Waals surface area contributed by atoms with Crippen LogP contribution in [0.4, 0.5) is 0 Å². The lowest BCUT2D eigenvalue weighted by Gasteiger charge is -2.28. The molecule has 1 amide bonds. The molecule has 20 heavy (non-hydrogen) atoms. The van der Waals surface area contributed by atoms with Gasteiger partial charge in [0.15, 0.2) is 0 Å². The molecule has 0 heterocycles. The lowest BCUT2D eigenvalue weighted by atomic mass is 9.94. The molecule has 2 unspecified atom stereocenters. The second-order valence-electron chi connectivity index (χ2n) is 5.83. The molecule has 0 aromatic rings. The number of nitrogens with two attached hydrogens (primary N) is 1. The van der Waals surface area contributed by atoms with E-state index in [1.807, 2.05) is 4.90 Å². The summed E-state index contributed by atoms with van der Waals surface area (Å²) in [4.78, 5) is 17.1. The van der Waals surface area contributed by atoms with E-state index in [-0.39, 0.29) is 5.92 Å². The van der Waals surface area contributed by atoms with Crippen LogP contribution in [0.3, 0.4) is 0 Å². The molecule has 0 aromatic heterocycles. The quantitative estimate of drug-likeness (QED) is 0.703. The largest absolute Gasteiger partial charge is 0.343 e. The zero-order valence-corrected chi connectivity index (χ0v) is 13.6. The number of rotatable bonds is 9. The van der Waals surface area contributed by atoms with Gasteiger partial charge in [0, 0.05) is 19.0 Å². The third-order valence-electron chi connectivity index (χ3n) is 4.77. The van der Waals surface area contributed by atoms with Gasteiger partial charge in [-0.25, -0.2) is 0 Å². The van der Waals surface area contributed by atoms with Crippen LogP contribution in [-0.2, 0) is 4.79 Å². The van der Waals surface area contributed by atoms with E-state index in [0.717, 1.165) is 58.4 Å². The van der Waals surface area contributed by atoms with E-state index >= 15 is 0 Å². The van der Waals surface area contributed by atoms with Gasteiger partial charge >= 0.3 is 0 Å². The number of carbonyl (C=O) groups excluding carboxylic acids is 1. The summed E-state index contributed by atoms with van der Waals surface area (Å²) >= 11 is 0. The molecule has 1 aliphatic carbocycles. The highest BCUT2D eigenvalue weighted by molar-refractivity contribution is 5.79. The number of hydrogen-bond donors (Lipinski definition) is 1. The molecule has 0 radical (unpaired) electrons. The lowest BCUT2D eigenvalue weighted by molar-refractivity contribution is -0.136. The summed E-state index contributed by atoms with van der Waals surface area (Å²) in [5.41, 5.74) is 5.80. The van der Waals surface area contributed by atoms with Crippen LogP contribution < -0.4 is 5.73 Å². The first kappa shape index (κ1) is 17.4. The third-order valence-corrected chi connectivity index (χ3v) is 4.77. The molecule has 2 atom stereocenters. The number of carbonyl (C=O) groups is 1. The van der Waals surface area contributed by atoms with Crippen molar-refractivity contribution in [2.45, 2.75) is 46.5 Å². The van der Waals surface area contributed by atoms with Crippen molar-refractivity contribution in [3.63, 3.8) is 0 Å². The fourth-order valence-electron chi connectivity index (χ4n) is 3.33. The normalized spacial score (nSPS) is 22.4. The van der Waals surface area contributed by atoms with E-state index in [4.69, 9.17) is 5.73 Å². The fourth-order valence-corrected chi connectivity index (χ4v) is 3.33. The van der Waals surface area contributed by atoms with Gasteiger partial charge < -0.3 is 15.5 Å². The summed E-state index contributed by atoms with van der Waals surface area (Å²) in [5, 5.41) is 0. The summed E-state index contributed by atoms with van der Waals surface area (Å²) in [7, 11) is 0. The molecule has 0 spiro atoms. The molecule has 0 saturated heterocycles. The highest BCUT2D eigenvalue weighted by Crippen LogP contribution is 2.32. The average molecular weight is 283 g/mol. The van der Waals surface area contributed by atoms with Crippen LogP contribution in [0.15, 0.2) is 0 Å². The highest BCUT2D eigenvalue weighted by atomic mass is 16.2. The van der Waals surface area contributed by atoms with Crippen molar-refractivity contribution in [3.8, 4) is 0 Å². The van der Waals surface area contributed by atoms with Gasteiger partial charge in [0.1, 0.15) is 0 Å². The Labute approximate surface area is 124 Å². The van der Waals surface area contributed by atoms with Crippen LogP contribution in [-0.4, -0.2) is 55.0 Å². The van der Waals surface area contributed by atoms with E-state index in [1.54, 1.807) is 0 Å². The van der Waals surface area contributed by atoms with Crippen LogP contribution in [0.1, 0.15) is 46.5 Å². The summed E-state index contributed by atoms with van der Waals surface area (Å²) in [5.74, 6) is 0.952. The Morgan fingerprint density at radius 2 is 1.80 bits per heavy atom. The van der Waals surface area contributed by atoms with E-state index < -0.39 is 0 Å². The van der Waals surface area contributed by atoms with E-state index in [0.29, 0.717) is 18.4 Å². The Hall–Kier alpha value is -0.610. The van der Waals surface area contributed by atoms with Crippen LogP contribution in [0.25, 0.3) is 0 Å². The van der Waals surface area contributed by atoms with Crippen molar-refractivity contribution in [2.24, 2.45) is 17.6 Å². The predicted octanol–water partition coefficient (Wildman–Crippen LogP) is 1.94. The summed E-state index contributed by atoms with van der Waals surface area (Å²) < 4.78 is 0. The van der Waals surface area contributed by atoms with Crippen molar-refractivity contribution < 1.29 is 4.79 Å². The molecule has 1 fully saturated rings. The first-order valence-corrected chi connectivity index (χ1v) is 8.39. The van der Waals surface area contributed by atoms with Gasteiger partial charge in [-0.1, -0.05) is 20.3 Å². The van der Waals surface area contributed by atoms with Crippen molar-refractivity contribution in [1.82, 2.24) is 9.80 Å². The van der Waals surface area contributed by atoms with Crippen LogP contribution in [0, 0.1) is 11.8 Å². The molecule has 2 N–H and O–H groups in total. The van der Waals surface area contributed by atoms with Gasteiger partial charge in [-0.2, -0.15) is 0 Å².